The first-order chi connectivity index (χ1) is 10.9. The average Bonchev–Trinajstić information content (AvgIpc) is 3.07. The van der Waals surface area contributed by atoms with Gasteiger partial charge in [0.05, 0.1) is 28.2 Å². The maximum atomic E-state index is 12.3. The molecule has 7 nitrogen and oxygen atoms in total. The summed E-state index contributed by atoms with van der Waals surface area (Å²) in [6.45, 7) is 7.04. The van der Waals surface area contributed by atoms with Crippen LogP contribution >= 0.6 is 11.3 Å². The van der Waals surface area contributed by atoms with Gasteiger partial charge in [0.15, 0.2) is 0 Å². The van der Waals surface area contributed by atoms with E-state index in [2.05, 4.69) is 9.57 Å². The van der Waals surface area contributed by atoms with Gasteiger partial charge in [-0.05, 0) is 34.5 Å². The molecule has 23 heavy (non-hydrogen) atoms. The van der Waals surface area contributed by atoms with E-state index in [-0.39, 0.29) is 10.6 Å². The molecule has 118 valence electrons. The topological polar surface area (TPSA) is 93.7 Å². The Labute approximate surface area is 136 Å². The Hall–Kier alpha value is -2.28. The minimum atomic E-state index is -3.97. The number of benzene rings is 1. The molecule has 0 atom stereocenters. The van der Waals surface area contributed by atoms with Crippen LogP contribution in [-0.4, -0.2) is 19.0 Å². The SMILES string of the molecule is [C-]#[N+]C1(NS(=O)(=O)c2ccc(-c3ccsc3)c([N+](=O)[O-])c2)CC1. The molecule has 1 aliphatic carbocycles. The Morgan fingerprint density at radius 1 is 1.35 bits per heavy atom. The minimum absolute atomic E-state index is 0.210. The molecule has 0 bridgehead atoms. The molecule has 1 fully saturated rings. The predicted molar refractivity (Wildman–Crippen MR) is 85.3 cm³/mol. The van der Waals surface area contributed by atoms with Crippen LogP contribution in [0.25, 0.3) is 16.0 Å². The Morgan fingerprint density at radius 2 is 2.09 bits per heavy atom. The van der Waals surface area contributed by atoms with Crippen molar-refractivity contribution in [3.8, 4) is 11.1 Å². The number of nitro groups is 1. The monoisotopic (exact) mass is 349 g/mol. The van der Waals surface area contributed by atoms with Crippen molar-refractivity contribution in [1.29, 1.82) is 0 Å². The number of hydrogen-bond donors (Lipinski definition) is 1. The quantitative estimate of drug-likeness (QED) is 0.510. The second-order valence-corrected chi connectivity index (χ2v) is 7.66. The summed E-state index contributed by atoms with van der Waals surface area (Å²) in [5.74, 6) is 0. The molecule has 3 rings (SSSR count). The molecule has 0 unspecified atom stereocenters. The molecule has 2 aromatic rings. The third kappa shape index (κ3) is 2.96. The van der Waals surface area contributed by atoms with Crippen LogP contribution in [0.5, 0.6) is 0 Å². The molecule has 1 N–H and O–H groups in total. The highest BCUT2D eigenvalue weighted by Gasteiger charge is 2.54. The van der Waals surface area contributed by atoms with E-state index in [9.17, 15) is 18.5 Å². The fourth-order valence-corrected chi connectivity index (χ4v) is 4.19. The summed E-state index contributed by atoms with van der Waals surface area (Å²) >= 11 is 1.40. The third-order valence-corrected chi connectivity index (χ3v) is 5.78. The Balaban J connectivity index is 2.03. The second kappa shape index (κ2) is 5.42. The first kappa shape index (κ1) is 15.6. The maximum Gasteiger partial charge on any atom is 0.299 e. The van der Waals surface area contributed by atoms with E-state index in [1.54, 1.807) is 16.8 Å². The lowest BCUT2D eigenvalue weighted by atomic mass is 10.1. The highest BCUT2D eigenvalue weighted by molar-refractivity contribution is 7.89. The van der Waals surface area contributed by atoms with Gasteiger partial charge in [0, 0.05) is 6.07 Å². The lowest BCUT2D eigenvalue weighted by molar-refractivity contribution is -0.384. The molecule has 0 aliphatic heterocycles. The summed E-state index contributed by atoms with van der Waals surface area (Å²) in [6, 6.07) is 5.52. The van der Waals surface area contributed by atoms with Crippen LogP contribution in [0.2, 0.25) is 0 Å². The van der Waals surface area contributed by atoms with Gasteiger partial charge in [-0.1, -0.05) is 0 Å². The molecule has 0 amide bonds. The lowest BCUT2D eigenvalue weighted by Gasteiger charge is -2.09. The zero-order chi connectivity index (χ0) is 16.7. The number of nitrogens with one attached hydrogen (secondary N) is 1. The summed E-state index contributed by atoms with van der Waals surface area (Å²) in [7, 11) is -3.97. The molecule has 1 aromatic carbocycles. The smallest absolute Gasteiger partial charge is 0.292 e. The van der Waals surface area contributed by atoms with Crippen LogP contribution < -0.4 is 4.72 Å². The number of nitro benzene ring substituents is 1. The Bertz CT molecular complexity index is 910. The number of nitrogens with zero attached hydrogens (tertiary/aromatic N) is 2. The molecular formula is C14H11N3O4S2. The van der Waals surface area contributed by atoms with Gasteiger partial charge in [-0.2, -0.15) is 11.3 Å². The van der Waals surface area contributed by atoms with Crippen LogP contribution in [0, 0.1) is 16.7 Å². The van der Waals surface area contributed by atoms with Crippen LogP contribution in [-0.2, 0) is 10.0 Å². The summed E-state index contributed by atoms with van der Waals surface area (Å²) < 4.78 is 27.0. The molecular weight excluding hydrogens is 338 g/mol. The molecule has 0 saturated heterocycles. The van der Waals surface area contributed by atoms with Gasteiger partial charge < -0.3 is 0 Å². The van der Waals surface area contributed by atoms with E-state index in [0.29, 0.717) is 24.0 Å². The first-order valence-corrected chi connectivity index (χ1v) is 9.03. The van der Waals surface area contributed by atoms with E-state index in [0.717, 1.165) is 6.07 Å². The van der Waals surface area contributed by atoms with Crippen LogP contribution in [0.4, 0.5) is 5.69 Å². The highest BCUT2D eigenvalue weighted by Crippen LogP contribution is 2.39. The second-order valence-electron chi connectivity index (χ2n) is 5.20. The van der Waals surface area contributed by atoms with Crippen molar-refractivity contribution in [2.24, 2.45) is 0 Å². The minimum Gasteiger partial charge on any atom is -0.292 e. The molecule has 1 saturated carbocycles. The highest BCUT2D eigenvalue weighted by atomic mass is 32.2. The Morgan fingerprint density at radius 3 is 2.61 bits per heavy atom. The predicted octanol–water partition coefficient (Wildman–Crippen LogP) is 3.01. The van der Waals surface area contributed by atoms with Crippen molar-refractivity contribution in [3.63, 3.8) is 0 Å². The van der Waals surface area contributed by atoms with Crippen molar-refractivity contribution >= 4 is 27.0 Å². The molecule has 1 aromatic heterocycles. The fourth-order valence-electron chi connectivity index (χ4n) is 2.16. The summed E-state index contributed by atoms with van der Waals surface area (Å²) in [6.07, 6.45) is 0.898. The third-order valence-electron chi connectivity index (χ3n) is 3.57. The van der Waals surface area contributed by atoms with Crippen LogP contribution in [0.1, 0.15) is 12.8 Å². The normalized spacial score (nSPS) is 15.8. The summed E-state index contributed by atoms with van der Waals surface area (Å²) in [4.78, 5) is 13.8. The molecule has 1 aliphatic rings. The molecule has 1 heterocycles. The van der Waals surface area contributed by atoms with Crippen molar-refractivity contribution in [2.75, 3.05) is 0 Å². The molecule has 9 heteroatoms. The zero-order valence-corrected chi connectivity index (χ0v) is 13.4. The summed E-state index contributed by atoms with van der Waals surface area (Å²) in [5.41, 5.74) is -0.335. The fraction of sp³-hybridized carbons (Fsp3) is 0.214. The van der Waals surface area contributed by atoms with E-state index in [4.69, 9.17) is 6.57 Å². The first-order valence-electron chi connectivity index (χ1n) is 6.60. The average molecular weight is 349 g/mol. The Kier molecular flexibility index (Phi) is 3.68. The van der Waals surface area contributed by atoms with E-state index >= 15 is 0 Å². The van der Waals surface area contributed by atoms with Gasteiger partial charge in [0.2, 0.25) is 10.0 Å². The number of thiophene rings is 1. The van der Waals surface area contributed by atoms with Crippen LogP contribution in [0.3, 0.4) is 0 Å². The van der Waals surface area contributed by atoms with E-state index in [1.807, 2.05) is 0 Å². The van der Waals surface area contributed by atoms with Crippen molar-refractivity contribution in [1.82, 2.24) is 4.72 Å². The van der Waals surface area contributed by atoms with Gasteiger partial charge >= 0.3 is 0 Å². The molecule has 0 radical (unpaired) electrons. The lowest BCUT2D eigenvalue weighted by Crippen LogP contribution is -2.34. The zero-order valence-electron chi connectivity index (χ0n) is 11.7. The maximum absolute atomic E-state index is 12.3. The van der Waals surface area contributed by atoms with Crippen LogP contribution in [0.15, 0.2) is 39.9 Å². The summed E-state index contributed by atoms with van der Waals surface area (Å²) in [5, 5.41) is 14.8. The van der Waals surface area contributed by atoms with Gasteiger partial charge in [-0.15, -0.1) is 4.72 Å². The van der Waals surface area contributed by atoms with Crippen molar-refractivity contribution in [3.05, 3.63) is 56.6 Å². The molecule has 0 spiro atoms. The van der Waals surface area contributed by atoms with Crippen molar-refractivity contribution < 1.29 is 13.3 Å². The van der Waals surface area contributed by atoms with Gasteiger partial charge in [-0.3, -0.25) is 15.0 Å². The number of hydrogen-bond acceptors (Lipinski definition) is 5. The number of rotatable bonds is 5. The van der Waals surface area contributed by atoms with Gasteiger partial charge in [0.1, 0.15) is 0 Å². The largest absolute Gasteiger partial charge is 0.299 e. The van der Waals surface area contributed by atoms with E-state index in [1.165, 1.54) is 23.5 Å². The van der Waals surface area contributed by atoms with E-state index < -0.39 is 20.6 Å². The van der Waals surface area contributed by atoms with Gasteiger partial charge in [-0.25, -0.2) is 15.0 Å². The van der Waals surface area contributed by atoms with Gasteiger partial charge in [0.25, 0.3) is 11.4 Å². The van der Waals surface area contributed by atoms with Crippen molar-refractivity contribution in [2.45, 2.75) is 23.4 Å². The standard InChI is InChI=1S/C14H11N3O4S2/c1-15-14(5-6-14)16-23(20,21)11-2-3-12(10-4-7-22-9-10)13(8-11)17(18)19/h2-4,7-9,16H,5-6H2. The number of sulfonamides is 1.